The number of hydrogen-bond acceptors (Lipinski definition) is 5. The van der Waals surface area contributed by atoms with Crippen molar-refractivity contribution >= 4 is 21.9 Å². The molecule has 0 aliphatic rings. The van der Waals surface area contributed by atoms with E-state index in [1.165, 1.54) is 12.1 Å². The molecule has 0 bridgehead atoms. The highest BCUT2D eigenvalue weighted by Gasteiger charge is 2.17. The number of benzene rings is 1. The first-order valence-corrected chi connectivity index (χ1v) is 5.87. The number of carbonyl (C=O) groups is 1. The van der Waals surface area contributed by atoms with Crippen LogP contribution in [0.3, 0.4) is 0 Å². The van der Waals surface area contributed by atoms with Crippen LogP contribution in [0.15, 0.2) is 27.2 Å². The van der Waals surface area contributed by atoms with E-state index in [1.54, 1.807) is 13.0 Å². The van der Waals surface area contributed by atoms with Crippen molar-refractivity contribution in [3.05, 3.63) is 34.4 Å². The van der Waals surface area contributed by atoms with E-state index in [1.807, 2.05) is 0 Å². The molecule has 0 saturated heterocycles. The number of aromatic nitrogens is 2. The molecule has 5 nitrogen and oxygen atoms in total. The molecule has 18 heavy (non-hydrogen) atoms. The Kier molecular flexibility index (Phi) is 3.71. The van der Waals surface area contributed by atoms with Gasteiger partial charge in [0.1, 0.15) is 5.82 Å². The summed E-state index contributed by atoms with van der Waals surface area (Å²) >= 11 is 3.04. The van der Waals surface area contributed by atoms with Crippen LogP contribution >= 0.6 is 15.9 Å². The van der Waals surface area contributed by atoms with E-state index in [9.17, 15) is 9.18 Å². The number of halogens is 2. The predicted molar refractivity (Wildman–Crippen MR) is 63.3 cm³/mol. The first kappa shape index (κ1) is 12.7. The van der Waals surface area contributed by atoms with E-state index in [2.05, 4.69) is 26.1 Å². The summed E-state index contributed by atoms with van der Waals surface area (Å²) in [6, 6.07) is 4.36. The third-order valence-corrected chi connectivity index (χ3v) is 2.70. The molecule has 1 aromatic heterocycles. The number of hydrogen-bond donors (Lipinski definition) is 0. The lowest BCUT2D eigenvalue weighted by atomic mass is 10.2. The molecule has 7 heteroatoms. The summed E-state index contributed by atoms with van der Waals surface area (Å²) in [6.07, 6.45) is 0. The molecule has 0 aliphatic carbocycles. The molecule has 0 fully saturated rings. The van der Waals surface area contributed by atoms with Gasteiger partial charge in [-0.15, -0.1) is 0 Å². The summed E-state index contributed by atoms with van der Waals surface area (Å²) < 4.78 is 23.1. The standard InChI is InChI=1S/C11H8BrFN2O3/c1-2-17-11(16)10-14-9(15-18-10)6-3-4-7(12)8(13)5-6/h3-5H,2H2,1H3. The van der Waals surface area contributed by atoms with E-state index in [0.717, 1.165) is 0 Å². The molecule has 2 rings (SSSR count). The molecule has 0 spiro atoms. The second kappa shape index (κ2) is 5.26. The van der Waals surface area contributed by atoms with E-state index < -0.39 is 11.8 Å². The van der Waals surface area contributed by atoms with E-state index in [4.69, 9.17) is 9.26 Å². The fraction of sp³-hybridized carbons (Fsp3) is 0.182. The minimum Gasteiger partial charge on any atom is -0.459 e. The highest BCUT2D eigenvalue weighted by molar-refractivity contribution is 9.10. The smallest absolute Gasteiger partial charge is 0.397 e. The van der Waals surface area contributed by atoms with Crippen LogP contribution in [0.4, 0.5) is 4.39 Å². The van der Waals surface area contributed by atoms with Gasteiger partial charge in [-0.3, -0.25) is 0 Å². The van der Waals surface area contributed by atoms with Crippen molar-refractivity contribution in [2.75, 3.05) is 6.61 Å². The molecular weight excluding hydrogens is 307 g/mol. The van der Waals surface area contributed by atoms with Crippen LogP contribution in [0.25, 0.3) is 11.4 Å². The molecule has 1 aromatic carbocycles. The van der Waals surface area contributed by atoms with Gasteiger partial charge in [-0.05, 0) is 41.1 Å². The molecule has 0 amide bonds. The molecule has 0 saturated carbocycles. The first-order chi connectivity index (χ1) is 8.61. The van der Waals surface area contributed by atoms with Crippen molar-refractivity contribution < 1.29 is 18.4 Å². The van der Waals surface area contributed by atoms with Crippen molar-refractivity contribution in [3.63, 3.8) is 0 Å². The average molecular weight is 315 g/mol. The average Bonchev–Trinajstić information content (AvgIpc) is 2.82. The van der Waals surface area contributed by atoms with Gasteiger partial charge in [0.15, 0.2) is 0 Å². The topological polar surface area (TPSA) is 65.2 Å². The number of rotatable bonds is 3. The quantitative estimate of drug-likeness (QED) is 0.815. The zero-order chi connectivity index (χ0) is 13.1. The summed E-state index contributed by atoms with van der Waals surface area (Å²) in [5.41, 5.74) is 0.412. The fourth-order valence-electron chi connectivity index (χ4n) is 1.25. The molecule has 0 atom stereocenters. The van der Waals surface area contributed by atoms with Crippen molar-refractivity contribution in [2.24, 2.45) is 0 Å². The lowest BCUT2D eigenvalue weighted by Gasteiger charge is -1.96. The van der Waals surface area contributed by atoms with Crippen LogP contribution < -0.4 is 0 Å². The molecule has 0 aliphatic heterocycles. The maximum atomic E-state index is 13.3. The van der Waals surface area contributed by atoms with E-state index in [-0.39, 0.29) is 18.3 Å². The number of carbonyl (C=O) groups excluding carboxylic acids is 1. The summed E-state index contributed by atoms with van der Waals surface area (Å²) in [5, 5.41) is 3.59. The largest absolute Gasteiger partial charge is 0.459 e. The zero-order valence-corrected chi connectivity index (χ0v) is 10.9. The number of ether oxygens (including phenoxy) is 1. The van der Waals surface area contributed by atoms with Gasteiger partial charge in [0.25, 0.3) is 0 Å². The monoisotopic (exact) mass is 314 g/mol. The van der Waals surface area contributed by atoms with Crippen LogP contribution in [0, 0.1) is 5.82 Å². The maximum absolute atomic E-state index is 13.3. The van der Waals surface area contributed by atoms with Crippen LogP contribution in [-0.2, 0) is 4.74 Å². The molecule has 0 N–H and O–H groups in total. The Morgan fingerprint density at radius 2 is 2.33 bits per heavy atom. The molecule has 0 unspecified atom stereocenters. The van der Waals surface area contributed by atoms with Crippen molar-refractivity contribution in [2.45, 2.75) is 6.92 Å². The normalized spacial score (nSPS) is 10.4. The summed E-state index contributed by atoms with van der Waals surface area (Å²) in [6.45, 7) is 1.88. The van der Waals surface area contributed by atoms with E-state index >= 15 is 0 Å². The molecule has 2 aromatic rings. The highest BCUT2D eigenvalue weighted by Crippen LogP contribution is 2.22. The molecule has 94 valence electrons. The van der Waals surface area contributed by atoms with Gasteiger partial charge in [-0.2, -0.15) is 4.98 Å². The Hall–Kier alpha value is -1.76. The van der Waals surface area contributed by atoms with Gasteiger partial charge in [0.05, 0.1) is 11.1 Å². The fourth-order valence-corrected chi connectivity index (χ4v) is 1.50. The SMILES string of the molecule is CCOC(=O)c1nc(-c2ccc(Br)c(F)c2)no1. The van der Waals surface area contributed by atoms with Gasteiger partial charge in [0.2, 0.25) is 5.82 Å². The second-order valence-corrected chi connectivity index (χ2v) is 4.13. The summed E-state index contributed by atoms with van der Waals surface area (Å²) in [7, 11) is 0. The van der Waals surface area contributed by atoms with Gasteiger partial charge in [-0.25, -0.2) is 9.18 Å². The van der Waals surface area contributed by atoms with Crippen LogP contribution in [-0.4, -0.2) is 22.7 Å². The third-order valence-electron chi connectivity index (χ3n) is 2.05. The molecule has 1 heterocycles. The minimum atomic E-state index is -0.700. The lowest BCUT2D eigenvalue weighted by molar-refractivity contribution is 0.0470. The Labute approximate surface area is 110 Å². The summed E-state index contributed by atoms with van der Waals surface area (Å²) in [4.78, 5) is 15.1. The zero-order valence-electron chi connectivity index (χ0n) is 9.31. The Morgan fingerprint density at radius 1 is 1.56 bits per heavy atom. The summed E-state index contributed by atoms with van der Waals surface area (Å²) in [5.74, 6) is -1.27. The van der Waals surface area contributed by atoms with Crippen LogP contribution in [0.1, 0.15) is 17.6 Å². The molecular formula is C11H8BrFN2O3. The van der Waals surface area contributed by atoms with Crippen LogP contribution in [0.5, 0.6) is 0 Å². The first-order valence-electron chi connectivity index (χ1n) is 5.08. The Balaban J connectivity index is 2.29. The third kappa shape index (κ3) is 2.56. The van der Waals surface area contributed by atoms with Gasteiger partial charge >= 0.3 is 11.9 Å². The van der Waals surface area contributed by atoms with Crippen molar-refractivity contribution in [3.8, 4) is 11.4 Å². The van der Waals surface area contributed by atoms with Gasteiger partial charge in [-0.1, -0.05) is 5.16 Å². The maximum Gasteiger partial charge on any atom is 0.397 e. The Bertz CT molecular complexity index is 585. The predicted octanol–water partition coefficient (Wildman–Crippen LogP) is 2.81. The minimum absolute atomic E-state index is 0.129. The van der Waals surface area contributed by atoms with E-state index in [0.29, 0.717) is 10.0 Å². The van der Waals surface area contributed by atoms with Crippen molar-refractivity contribution in [1.29, 1.82) is 0 Å². The highest BCUT2D eigenvalue weighted by atomic mass is 79.9. The molecule has 0 radical (unpaired) electrons. The Morgan fingerprint density at radius 3 is 3.00 bits per heavy atom. The number of esters is 1. The van der Waals surface area contributed by atoms with Crippen LogP contribution in [0.2, 0.25) is 0 Å². The van der Waals surface area contributed by atoms with Crippen molar-refractivity contribution in [1.82, 2.24) is 10.1 Å². The second-order valence-electron chi connectivity index (χ2n) is 3.27. The van der Waals surface area contributed by atoms with Gasteiger partial charge < -0.3 is 9.26 Å². The number of nitrogens with zero attached hydrogens (tertiary/aromatic N) is 2. The lowest BCUT2D eigenvalue weighted by Crippen LogP contribution is -2.04. The van der Waals surface area contributed by atoms with Gasteiger partial charge in [0, 0.05) is 5.56 Å².